The highest BCUT2D eigenvalue weighted by atomic mass is 19.4. The van der Waals surface area contributed by atoms with Crippen LogP contribution in [-0.4, -0.2) is 28.4 Å². The number of para-hydroxylation sites is 1. The molecule has 1 amide bonds. The number of carbonyl (C=O) groups is 1. The molecule has 0 unspecified atom stereocenters. The Morgan fingerprint density at radius 1 is 1.05 bits per heavy atom. The van der Waals surface area contributed by atoms with Crippen molar-refractivity contribution >= 4 is 34.3 Å². The number of hydrogen-bond donors (Lipinski definition) is 2. The first kappa shape index (κ1) is 29.3. The molecule has 0 saturated heterocycles. The molecule has 1 heterocycles. The van der Waals surface area contributed by atoms with Gasteiger partial charge < -0.3 is 24.7 Å². The number of rotatable bonds is 8. The Kier molecular flexibility index (Phi) is 8.08. The molecule has 4 aromatic rings. The van der Waals surface area contributed by atoms with Crippen LogP contribution in [0.3, 0.4) is 0 Å². The SMILES string of the molecule is Cc1ccccc1NC(=O)COc1ccc2c(c1)nc(Nc1ccc(OC(F)(F)F)cc1)n2[C@H]1C[C@H](C)CC(C)(C)C1. The summed E-state index contributed by atoms with van der Waals surface area (Å²) in [6.07, 6.45) is -1.71. The lowest BCUT2D eigenvalue weighted by molar-refractivity contribution is -0.274. The van der Waals surface area contributed by atoms with Gasteiger partial charge in [-0.1, -0.05) is 39.0 Å². The lowest BCUT2D eigenvalue weighted by atomic mass is 9.70. The number of benzene rings is 3. The van der Waals surface area contributed by atoms with Gasteiger partial charge in [-0.05, 0) is 85.5 Å². The molecule has 222 valence electrons. The molecular weight excluding hydrogens is 545 g/mol. The molecule has 0 bridgehead atoms. The second kappa shape index (κ2) is 11.6. The van der Waals surface area contributed by atoms with Gasteiger partial charge in [-0.25, -0.2) is 4.98 Å². The van der Waals surface area contributed by atoms with Crippen molar-refractivity contribution in [1.29, 1.82) is 0 Å². The summed E-state index contributed by atoms with van der Waals surface area (Å²) in [7, 11) is 0. The summed E-state index contributed by atoms with van der Waals surface area (Å²) in [6.45, 7) is 8.56. The summed E-state index contributed by atoms with van der Waals surface area (Å²) in [6, 6.07) is 18.8. The number of ether oxygens (including phenoxy) is 2. The van der Waals surface area contributed by atoms with E-state index >= 15 is 0 Å². The number of fused-ring (bicyclic) bond motifs is 1. The minimum absolute atomic E-state index is 0.139. The number of halogens is 3. The Bertz CT molecular complexity index is 1560. The number of carbonyl (C=O) groups excluding carboxylic acids is 1. The van der Waals surface area contributed by atoms with Crippen molar-refractivity contribution in [2.45, 2.75) is 59.4 Å². The first-order valence-electron chi connectivity index (χ1n) is 14.0. The molecule has 10 heteroatoms. The molecule has 2 N–H and O–H groups in total. The number of anilines is 3. The normalized spacial score (nSPS) is 18.5. The van der Waals surface area contributed by atoms with Crippen molar-refractivity contribution in [2.75, 3.05) is 17.2 Å². The van der Waals surface area contributed by atoms with E-state index in [0.717, 1.165) is 36.0 Å². The average molecular weight is 581 g/mol. The second-order valence-electron chi connectivity index (χ2n) is 11.9. The fraction of sp³-hybridized carbons (Fsp3) is 0.375. The highest BCUT2D eigenvalue weighted by molar-refractivity contribution is 5.92. The highest BCUT2D eigenvalue weighted by Crippen LogP contribution is 2.46. The Morgan fingerprint density at radius 2 is 1.76 bits per heavy atom. The number of nitrogens with one attached hydrogen (secondary N) is 2. The van der Waals surface area contributed by atoms with Crippen LogP contribution in [-0.2, 0) is 4.79 Å². The third kappa shape index (κ3) is 7.16. The van der Waals surface area contributed by atoms with Crippen LogP contribution in [0.25, 0.3) is 11.0 Å². The van der Waals surface area contributed by atoms with Crippen LogP contribution in [0.1, 0.15) is 51.6 Å². The highest BCUT2D eigenvalue weighted by Gasteiger charge is 2.35. The van der Waals surface area contributed by atoms with Gasteiger partial charge in [-0.15, -0.1) is 13.2 Å². The van der Waals surface area contributed by atoms with Crippen molar-refractivity contribution < 1.29 is 27.4 Å². The Labute approximate surface area is 243 Å². The third-order valence-electron chi connectivity index (χ3n) is 7.52. The van der Waals surface area contributed by atoms with Crippen LogP contribution in [0.15, 0.2) is 66.7 Å². The van der Waals surface area contributed by atoms with Crippen LogP contribution >= 0.6 is 0 Å². The smallest absolute Gasteiger partial charge is 0.484 e. The molecule has 1 aliphatic carbocycles. The van der Waals surface area contributed by atoms with Crippen LogP contribution in [0.5, 0.6) is 11.5 Å². The van der Waals surface area contributed by atoms with Gasteiger partial charge in [0.05, 0.1) is 11.0 Å². The topological polar surface area (TPSA) is 77.4 Å². The monoisotopic (exact) mass is 580 g/mol. The molecule has 1 fully saturated rings. The molecule has 5 rings (SSSR count). The summed E-state index contributed by atoms with van der Waals surface area (Å²) in [4.78, 5) is 17.4. The van der Waals surface area contributed by atoms with Crippen molar-refractivity contribution in [1.82, 2.24) is 9.55 Å². The van der Waals surface area contributed by atoms with Gasteiger partial charge in [-0.3, -0.25) is 4.79 Å². The van der Waals surface area contributed by atoms with Crippen molar-refractivity contribution in [3.63, 3.8) is 0 Å². The lowest BCUT2D eigenvalue weighted by Gasteiger charge is -2.40. The third-order valence-corrected chi connectivity index (χ3v) is 7.52. The number of amides is 1. The van der Waals surface area contributed by atoms with E-state index in [-0.39, 0.29) is 29.7 Å². The van der Waals surface area contributed by atoms with E-state index in [1.807, 2.05) is 43.3 Å². The summed E-state index contributed by atoms with van der Waals surface area (Å²) in [5, 5.41) is 6.17. The maximum Gasteiger partial charge on any atom is 0.573 e. The molecule has 1 aliphatic rings. The number of hydrogen-bond acceptors (Lipinski definition) is 5. The number of aryl methyl sites for hydroxylation is 1. The van der Waals surface area contributed by atoms with Gasteiger partial charge in [-0.2, -0.15) is 0 Å². The van der Waals surface area contributed by atoms with E-state index in [2.05, 4.69) is 40.7 Å². The van der Waals surface area contributed by atoms with Gasteiger partial charge in [0.2, 0.25) is 5.95 Å². The van der Waals surface area contributed by atoms with Crippen LogP contribution in [0.2, 0.25) is 0 Å². The van der Waals surface area contributed by atoms with E-state index in [4.69, 9.17) is 9.72 Å². The molecule has 0 aliphatic heterocycles. The molecule has 3 aromatic carbocycles. The zero-order valence-electron chi connectivity index (χ0n) is 24.1. The predicted octanol–water partition coefficient (Wildman–Crippen LogP) is 8.39. The molecule has 1 saturated carbocycles. The van der Waals surface area contributed by atoms with Gasteiger partial charge in [0.25, 0.3) is 5.91 Å². The quantitative estimate of drug-likeness (QED) is 0.219. The van der Waals surface area contributed by atoms with E-state index in [9.17, 15) is 18.0 Å². The molecule has 7 nitrogen and oxygen atoms in total. The lowest BCUT2D eigenvalue weighted by Crippen LogP contribution is -2.29. The van der Waals surface area contributed by atoms with Gasteiger partial charge in [0, 0.05) is 23.5 Å². The van der Waals surface area contributed by atoms with Gasteiger partial charge in [0.15, 0.2) is 6.61 Å². The van der Waals surface area contributed by atoms with Gasteiger partial charge >= 0.3 is 6.36 Å². The Hall–Kier alpha value is -4.21. The summed E-state index contributed by atoms with van der Waals surface area (Å²) >= 11 is 0. The minimum atomic E-state index is -4.76. The van der Waals surface area contributed by atoms with Gasteiger partial charge in [0.1, 0.15) is 11.5 Å². The van der Waals surface area contributed by atoms with Crippen LogP contribution in [0.4, 0.5) is 30.5 Å². The largest absolute Gasteiger partial charge is 0.573 e. The van der Waals surface area contributed by atoms with E-state index in [1.54, 1.807) is 6.07 Å². The van der Waals surface area contributed by atoms with Crippen molar-refractivity contribution in [3.05, 3.63) is 72.3 Å². The zero-order valence-corrected chi connectivity index (χ0v) is 24.1. The summed E-state index contributed by atoms with van der Waals surface area (Å²) in [5.74, 6) is 1.03. The fourth-order valence-electron chi connectivity index (χ4n) is 6.04. The van der Waals surface area contributed by atoms with Crippen molar-refractivity contribution in [3.8, 4) is 11.5 Å². The first-order chi connectivity index (χ1) is 19.8. The fourth-order valence-corrected chi connectivity index (χ4v) is 6.04. The van der Waals surface area contributed by atoms with E-state index < -0.39 is 6.36 Å². The van der Waals surface area contributed by atoms with E-state index in [1.165, 1.54) is 24.3 Å². The Morgan fingerprint density at radius 3 is 2.45 bits per heavy atom. The van der Waals surface area contributed by atoms with Crippen molar-refractivity contribution in [2.24, 2.45) is 11.3 Å². The number of nitrogens with zero attached hydrogens (tertiary/aromatic N) is 2. The second-order valence-corrected chi connectivity index (χ2v) is 11.9. The maximum absolute atomic E-state index is 12.6. The minimum Gasteiger partial charge on any atom is -0.484 e. The first-order valence-corrected chi connectivity index (χ1v) is 14.0. The number of alkyl halides is 3. The maximum atomic E-state index is 12.6. The molecule has 1 aromatic heterocycles. The average Bonchev–Trinajstić information content (AvgIpc) is 3.25. The number of imidazole rings is 1. The summed E-state index contributed by atoms with van der Waals surface area (Å²) < 4.78 is 49.9. The van der Waals surface area contributed by atoms with E-state index in [0.29, 0.717) is 28.8 Å². The molecule has 0 spiro atoms. The number of aromatic nitrogens is 2. The predicted molar refractivity (Wildman–Crippen MR) is 157 cm³/mol. The zero-order chi connectivity index (χ0) is 30.1. The Balaban J connectivity index is 1.40. The molecule has 2 atom stereocenters. The molecule has 42 heavy (non-hydrogen) atoms. The molecular formula is C32H35F3N4O3. The standard InChI is InChI=1S/C32H35F3N4O3/c1-20-15-23(18-31(3,4)17-20)39-28-14-13-25(41-19-29(40)37-26-8-6-5-7-21(26)2)16-27(28)38-30(39)36-22-9-11-24(12-10-22)42-32(33,34)35/h5-14,16,20,23H,15,17-19H2,1-4H3,(H,36,38)(H,37,40)/t20-,23-/m0/s1. The van der Waals surface area contributed by atoms with Crippen LogP contribution in [0, 0.1) is 18.3 Å². The molecule has 0 radical (unpaired) electrons. The summed E-state index contributed by atoms with van der Waals surface area (Å²) in [5.41, 5.74) is 4.00. The van der Waals surface area contributed by atoms with Crippen LogP contribution < -0.4 is 20.1 Å².